The molecule has 32 heavy (non-hydrogen) atoms. The van der Waals surface area contributed by atoms with Crippen LogP contribution in [0.5, 0.6) is 0 Å². The molecule has 0 aliphatic carbocycles. The number of anilines is 4. The molecule has 2 aliphatic heterocycles. The van der Waals surface area contributed by atoms with E-state index in [-0.39, 0.29) is 5.95 Å². The topological polar surface area (TPSA) is 132 Å². The molecule has 0 radical (unpaired) electrons. The third-order valence-electron chi connectivity index (χ3n) is 5.81. The van der Waals surface area contributed by atoms with Crippen LogP contribution in [0.2, 0.25) is 0 Å². The van der Waals surface area contributed by atoms with Crippen LogP contribution in [0, 0.1) is 0 Å². The van der Waals surface area contributed by atoms with Crippen molar-refractivity contribution in [2.24, 2.45) is 0 Å². The molecule has 0 bridgehead atoms. The highest BCUT2D eigenvalue weighted by atomic mass is 32.2. The van der Waals surface area contributed by atoms with Gasteiger partial charge in [-0.25, -0.2) is 4.72 Å². The molecule has 3 N–H and O–H groups in total. The van der Waals surface area contributed by atoms with Crippen LogP contribution >= 0.6 is 0 Å². The van der Waals surface area contributed by atoms with Crippen LogP contribution in [0.25, 0.3) is 10.9 Å². The molecule has 4 heterocycles. The van der Waals surface area contributed by atoms with Crippen molar-refractivity contribution in [3.63, 3.8) is 0 Å². The van der Waals surface area contributed by atoms with E-state index in [4.69, 9.17) is 0 Å². The second kappa shape index (κ2) is 8.77. The fourth-order valence-corrected chi connectivity index (χ4v) is 4.99. The number of rotatable bonds is 6. The lowest BCUT2D eigenvalue weighted by Crippen LogP contribution is -2.35. The van der Waals surface area contributed by atoms with Crippen LogP contribution in [0.1, 0.15) is 38.5 Å². The second-order valence-corrected chi connectivity index (χ2v) is 9.65. The van der Waals surface area contributed by atoms with Gasteiger partial charge < -0.3 is 9.80 Å². The van der Waals surface area contributed by atoms with E-state index in [0.29, 0.717) is 17.6 Å². The summed E-state index contributed by atoms with van der Waals surface area (Å²) in [6, 6.07) is 5.17. The lowest BCUT2D eigenvalue weighted by Gasteiger charge is -2.30. The SMILES string of the molecule is O=S(=O)(Nc1ccc2cn[nH]c2c1)Nc1nc(N2CCCCC2)nc(N2CCCCC2)n1. The van der Waals surface area contributed by atoms with Crippen molar-refractivity contribution in [3.8, 4) is 0 Å². The predicted octanol–water partition coefficient (Wildman–Crippen LogP) is 2.50. The van der Waals surface area contributed by atoms with Gasteiger partial charge in [-0.3, -0.25) is 9.82 Å². The van der Waals surface area contributed by atoms with Crippen LogP contribution in [-0.4, -0.2) is 59.7 Å². The first-order valence-electron chi connectivity index (χ1n) is 11.1. The van der Waals surface area contributed by atoms with Crippen molar-refractivity contribution in [2.45, 2.75) is 38.5 Å². The molecule has 5 rings (SSSR count). The average molecular weight is 458 g/mol. The Labute approximate surface area is 186 Å². The van der Waals surface area contributed by atoms with Crippen molar-refractivity contribution in [1.82, 2.24) is 25.1 Å². The highest BCUT2D eigenvalue weighted by Gasteiger charge is 2.22. The normalized spacial score (nSPS) is 17.5. The van der Waals surface area contributed by atoms with Gasteiger partial charge in [0, 0.05) is 31.6 Å². The van der Waals surface area contributed by atoms with Gasteiger partial charge in [0.25, 0.3) is 0 Å². The molecule has 2 saturated heterocycles. The van der Waals surface area contributed by atoms with Crippen LogP contribution < -0.4 is 19.2 Å². The Morgan fingerprint density at radius 3 is 2.06 bits per heavy atom. The van der Waals surface area contributed by atoms with E-state index < -0.39 is 10.2 Å². The summed E-state index contributed by atoms with van der Waals surface area (Å²) < 4.78 is 30.7. The molecule has 0 amide bonds. The molecule has 11 nitrogen and oxygen atoms in total. The first-order valence-corrected chi connectivity index (χ1v) is 12.5. The number of piperidine rings is 2. The lowest BCUT2D eigenvalue weighted by molar-refractivity contribution is 0.556. The van der Waals surface area contributed by atoms with Gasteiger partial charge in [0.05, 0.1) is 17.4 Å². The van der Waals surface area contributed by atoms with E-state index >= 15 is 0 Å². The summed E-state index contributed by atoms with van der Waals surface area (Å²) in [5.74, 6) is 1.07. The van der Waals surface area contributed by atoms with Gasteiger partial charge in [-0.2, -0.15) is 28.5 Å². The minimum atomic E-state index is -3.96. The van der Waals surface area contributed by atoms with Gasteiger partial charge in [0.1, 0.15) is 0 Å². The Morgan fingerprint density at radius 1 is 0.812 bits per heavy atom. The maximum Gasteiger partial charge on any atom is 0.323 e. The van der Waals surface area contributed by atoms with Gasteiger partial charge in [0.2, 0.25) is 17.8 Å². The van der Waals surface area contributed by atoms with Crippen LogP contribution in [-0.2, 0) is 10.2 Å². The average Bonchev–Trinajstić information content (AvgIpc) is 3.27. The fourth-order valence-electron chi connectivity index (χ4n) is 4.17. The molecule has 2 aliphatic rings. The van der Waals surface area contributed by atoms with Crippen molar-refractivity contribution in [3.05, 3.63) is 24.4 Å². The highest BCUT2D eigenvalue weighted by molar-refractivity contribution is 7.94. The highest BCUT2D eigenvalue weighted by Crippen LogP contribution is 2.23. The van der Waals surface area contributed by atoms with E-state index in [1.165, 1.54) is 12.8 Å². The summed E-state index contributed by atoms with van der Waals surface area (Å²) in [4.78, 5) is 17.8. The third-order valence-corrected chi connectivity index (χ3v) is 6.77. The zero-order valence-electron chi connectivity index (χ0n) is 17.8. The van der Waals surface area contributed by atoms with Crippen molar-refractivity contribution >= 4 is 44.6 Å². The standard InChI is InChI=1S/C20H27N9O2S/c30-32(31,26-16-8-7-15-14-21-25-17(15)13-16)27-18-22-19(28-9-3-1-4-10-28)24-20(23-18)29-11-5-2-6-12-29/h7-8,13-14,26H,1-6,9-12H2,(H,21,25)(H,22,23,24,27). The molecule has 0 spiro atoms. The molecule has 1 aromatic carbocycles. The summed E-state index contributed by atoms with van der Waals surface area (Å²) in [6.45, 7) is 3.44. The molecular formula is C20H27N9O2S. The number of fused-ring (bicyclic) bond motifs is 1. The third kappa shape index (κ3) is 4.69. The van der Waals surface area contributed by atoms with Gasteiger partial charge in [-0.1, -0.05) is 0 Å². The van der Waals surface area contributed by atoms with Gasteiger partial charge in [0.15, 0.2) is 0 Å². The Kier molecular flexibility index (Phi) is 5.68. The molecule has 0 unspecified atom stereocenters. The maximum atomic E-state index is 12.8. The number of benzene rings is 1. The zero-order valence-corrected chi connectivity index (χ0v) is 18.6. The van der Waals surface area contributed by atoms with Crippen LogP contribution in [0.4, 0.5) is 23.5 Å². The first-order chi connectivity index (χ1) is 15.6. The number of aromatic amines is 1. The van der Waals surface area contributed by atoms with E-state index in [9.17, 15) is 8.42 Å². The Bertz CT molecular complexity index is 1150. The lowest BCUT2D eigenvalue weighted by atomic mass is 10.1. The van der Waals surface area contributed by atoms with E-state index in [0.717, 1.165) is 62.8 Å². The quantitative estimate of drug-likeness (QED) is 0.514. The predicted molar refractivity (Wildman–Crippen MR) is 124 cm³/mol. The molecular weight excluding hydrogens is 430 g/mol. The largest absolute Gasteiger partial charge is 0.341 e. The Morgan fingerprint density at radius 2 is 1.44 bits per heavy atom. The summed E-state index contributed by atoms with van der Waals surface area (Å²) in [6.07, 6.45) is 8.34. The number of aromatic nitrogens is 5. The van der Waals surface area contributed by atoms with Crippen molar-refractivity contribution < 1.29 is 8.42 Å². The molecule has 2 fully saturated rings. The number of H-pyrrole nitrogens is 1. The van der Waals surface area contributed by atoms with Gasteiger partial charge >= 0.3 is 10.2 Å². The smallest absolute Gasteiger partial charge is 0.323 e. The molecule has 3 aromatic rings. The van der Waals surface area contributed by atoms with Crippen LogP contribution in [0.3, 0.4) is 0 Å². The van der Waals surface area contributed by atoms with Gasteiger partial charge in [-0.05, 0) is 56.7 Å². The fraction of sp³-hybridized carbons (Fsp3) is 0.500. The van der Waals surface area contributed by atoms with Gasteiger partial charge in [-0.15, -0.1) is 0 Å². The molecule has 170 valence electrons. The number of nitrogens with zero attached hydrogens (tertiary/aromatic N) is 6. The summed E-state index contributed by atoms with van der Waals surface area (Å²) >= 11 is 0. The minimum Gasteiger partial charge on any atom is -0.341 e. The zero-order chi connectivity index (χ0) is 22.0. The van der Waals surface area contributed by atoms with Crippen molar-refractivity contribution in [2.75, 3.05) is 45.4 Å². The van der Waals surface area contributed by atoms with E-state index in [1.54, 1.807) is 24.4 Å². The second-order valence-electron chi connectivity index (χ2n) is 8.23. The van der Waals surface area contributed by atoms with Crippen molar-refractivity contribution in [1.29, 1.82) is 0 Å². The summed E-state index contributed by atoms with van der Waals surface area (Å²) in [5, 5.41) is 7.69. The Hall–Kier alpha value is -3.15. The Balaban J connectivity index is 1.41. The van der Waals surface area contributed by atoms with E-state index in [2.05, 4.69) is 44.4 Å². The molecule has 0 saturated carbocycles. The van der Waals surface area contributed by atoms with E-state index in [1.807, 2.05) is 0 Å². The minimum absolute atomic E-state index is 0.0243. The molecule has 12 heteroatoms. The number of hydrogen-bond acceptors (Lipinski definition) is 8. The summed E-state index contributed by atoms with van der Waals surface area (Å²) in [7, 11) is -3.96. The first kappa shape index (κ1) is 20.7. The maximum absolute atomic E-state index is 12.8. The number of hydrogen-bond donors (Lipinski definition) is 3. The molecule has 0 atom stereocenters. The summed E-state index contributed by atoms with van der Waals surface area (Å²) in [5.41, 5.74) is 1.15. The monoisotopic (exact) mass is 457 g/mol. The number of nitrogens with one attached hydrogen (secondary N) is 3. The van der Waals surface area contributed by atoms with Crippen LogP contribution in [0.15, 0.2) is 24.4 Å². The molecule has 2 aromatic heterocycles.